The summed E-state index contributed by atoms with van der Waals surface area (Å²) in [5, 5.41) is 5.03. The lowest BCUT2D eigenvalue weighted by molar-refractivity contribution is -0.123. The lowest BCUT2D eigenvalue weighted by atomic mass is 9.86. The summed E-state index contributed by atoms with van der Waals surface area (Å²) in [6.45, 7) is 1.59. The van der Waals surface area contributed by atoms with E-state index < -0.39 is 24.5 Å². The zero-order valence-electron chi connectivity index (χ0n) is 15.6. The van der Waals surface area contributed by atoms with E-state index in [4.69, 9.17) is 4.74 Å². The number of amides is 3. The number of rotatable bonds is 5. The molecule has 1 aromatic carbocycles. The highest BCUT2D eigenvalue weighted by Gasteiger charge is 2.23. The number of imide groups is 1. The molecule has 7 nitrogen and oxygen atoms in total. The predicted octanol–water partition coefficient (Wildman–Crippen LogP) is 2.31. The number of esters is 1. The van der Waals surface area contributed by atoms with E-state index in [1.807, 2.05) is 25.1 Å². The number of hydrogen-bond donors (Lipinski definition) is 2. The maximum atomic E-state index is 12.0. The highest BCUT2D eigenvalue weighted by Crippen LogP contribution is 2.23. The molecule has 1 saturated carbocycles. The minimum atomic E-state index is -0.650. The number of anilines is 1. The molecule has 7 heteroatoms. The Balaban J connectivity index is 1.78. The normalized spacial score (nSPS) is 19.3. The van der Waals surface area contributed by atoms with E-state index in [9.17, 15) is 14.4 Å². The van der Waals surface area contributed by atoms with E-state index in [0.717, 1.165) is 24.9 Å². The Morgan fingerprint density at radius 3 is 2.62 bits per heavy atom. The Morgan fingerprint density at radius 1 is 1.19 bits per heavy atom. The summed E-state index contributed by atoms with van der Waals surface area (Å²) in [6.07, 6.45) is 4.24. The summed E-state index contributed by atoms with van der Waals surface area (Å²) in [7, 11) is 3.73. The molecule has 1 fully saturated rings. The summed E-state index contributed by atoms with van der Waals surface area (Å²) < 4.78 is 4.99. The van der Waals surface area contributed by atoms with Crippen LogP contribution in [0.3, 0.4) is 0 Å². The van der Waals surface area contributed by atoms with Crippen molar-refractivity contribution in [3.05, 3.63) is 29.8 Å². The Bertz CT molecular complexity index is 660. The van der Waals surface area contributed by atoms with Gasteiger partial charge in [-0.05, 0) is 37.0 Å². The van der Waals surface area contributed by atoms with Crippen LogP contribution in [0.5, 0.6) is 0 Å². The third kappa shape index (κ3) is 5.75. The predicted molar refractivity (Wildman–Crippen MR) is 99.1 cm³/mol. The first-order chi connectivity index (χ1) is 12.4. The van der Waals surface area contributed by atoms with Crippen molar-refractivity contribution in [2.45, 2.75) is 38.6 Å². The summed E-state index contributed by atoms with van der Waals surface area (Å²) in [6, 6.07) is 6.43. The molecule has 0 heterocycles. The molecule has 1 aliphatic rings. The van der Waals surface area contributed by atoms with Gasteiger partial charge in [-0.3, -0.25) is 10.1 Å². The summed E-state index contributed by atoms with van der Waals surface area (Å²) >= 11 is 0. The molecule has 0 aromatic heterocycles. The van der Waals surface area contributed by atoms with Crippen LogP contribution < -0.4 is 15.5 Å². The van der Waals surface area contributed by atoms with Gasteiger partial charge in [-0.25, -0.2) is 9.59 Å². The average molecular weight is 361 g/mol. The molecule has 0 saturated heterocycles. The van der Waals surface area contributed by atoms with Gasteiger partial charge in [0.05, 0.1) is 5.56 Å². The second kappa shape index (κ2) is 9.22. The molecule has 2 rings (SSSR count). The average Bonchev–Trinajstić information content (AvgIpc) is 2.61. The fourth-order valence-electron chi connectivity index (χ4n) is 3.02. The zero-order chi connectivity index (χ0) is 19.1. The standard InChI is InChI=1S/C19H27N3O4/c1-13-7-4-5-10-16(13)20-19(25)21-17(23)12-26-18(24)14-8-6-9-15(11-14)22(2)3/h6,8-9,11,13,16H,4-5,7,10,12H2,1-3H3,(H2,20,21,23,25). The van der Waals surface area contributed by atoms with Crippen LogP contribution in [0.25, 0.3) is 0 Å². The molecular weight excluding hydrogens is 334 g/mol. The Hall–Kier alpha value is -2.57. The summed E-state index contributed by atoms with van der Waals surface area (Å²) in [4.78, 5) is 37.7. The van der Waals surface area contributed by atoms with Gasteiger partial charge >= 0.3 is 12.0 Å². The van der Waals surface area contributed by atoms with Crippen molar-refractivity contribution in [1.82, 2.24) is 10.6 Å². The Morgan fingerprint density at radius 2 is 1.92 bits per heavy atom. The number of urea groups is 1. The van der Waals surface area contributed by atoms with Gasteiger partial charge in [0.15, 0.2) is 6.61 Å². The van der Waals surface area contributed by atoms with Crippen molar-refractivity contribution in [2.24, 2.45) is 5.92 Å². The van der Waals surface area contributed by atoms with Gasteiger partial charge in [-0.1, -0.05) is 25.8 Å². The zero-order valence-corrected chi connectivity index (χ0v) is 15.6. The quantitative estimate of drug-likeness (QED) is 0.786. The van der Waals surface area contributed by atoms with E-state index in [1.54, 1.807) is 18.2 Å². The lowest BCUT2D eigenvalue weighted by Crippen LogP contribution is -2.48. The molecule has 3 amide bonds. The smallest absolute Gasteiger partial charge is 0.338 e. The van der Waals surface area contributed by atoms with Crippen molar-refractivity contribution < 1.29 is 19.1 Å². The van der Waals surface area contributed by atoms with Crippen molar-refractivity contribution in [1.29, 1.82) is 0 Å². The Kier molecular flexibility index (Phi) is 7.00. The van der Waals surface area contributed by atoms with Crippen LogP contribution in [0, 0.1) is 5.92 Å². The van der Waals surface area contributed by atoms with Gasteiger partial charge < -0.3 is 15.0 Å². The van der Waals surface area contributed by atoms with Crippen LogP contribution in [-0.2, 0) is 9.53 Å². The van der Waals surface area contributed by atoms with Gasteiger partial charge in [0, 0.05) is 25.8 Å². The first-order valence-electron chi connectivity index (χ1n) is 8.91. The Labute approximate surface area is 154 Å². The minimum absolute atomic E-state index is 0.0767. The SMILES string of the molecule is CC1CCCCC1NC(=O)NC(=O)COC(=O)c1cccc(N(C)C)c1. The van der Waals surface area contributed by atoms with Gasteiger partial charge in [0.1, 0.15) is 0 Å². The van der Waals surface area contributed by atoms with Gasteiger partial charge in [-0.2, -0.15) is 0 Å². The molecule has 1 aliphatic carbocycles. The van der Waals surface area contributed by atoms with E-state index in [-0.39, 0.29) is 6.04 Å². The lowest BCUT2D eigenvalue weighted by Gasteiger charge is -2.29. The molecule has 1 aromatic rings. The topological polar surface area (TPSA) is 87.7 Å². The number of benzene rings is 1. The van der Waals surface area contributed by atoms with Gasteiger partial charge in [0.2, 0.25) is 0 Å². The van der Waals surface area contributed by atoms with E-state index in [1.165, 1.54) is 6.42 Å². The number of ether oxygens (including phenoxy) is 1. The fraction of sp³-hybridized carbons (Fsp3) is 0.526. The third-order valence-corrected chi connectivity index (χ3v) is 4.61. The third-order valence-electron chi connectivity index (χ3n) is 4.61. The molecule has 26 heavy (non-hydrogen) atoms. The number of carbonyl (C=O) groups excluding carboxylic acids is 3. The number of nitrogens with one attached hydrogen (secondary N) is 2. The summed E-state index contributed by atoms with van der Waals surface area (Å²) in [5.41, 5.74) is 1.20. The molecule has 2 unspecified atom stereocenters. The first kappa shape index (κ1) is 19.8. The second-order valence-corrected chi connectivity index (χ2v) is 6.91. The maximum Gasteiger partial charge on any atom is 0.338 e. The first-order valence-corrected chi connectivity index (χ1v) is 8.91. The largest absolute Gasteiger partial charge is 0.452 e. The van der Waals surface area contributed by atoms with Gasteiger partial charge in [0.25, 0.3) is 5.91 Å². The van der Waals surface area contributed by atoms with Crippen molar-refractivity contribution in [3.8, 4) is 0 Å². The molecule has 0 spiro atoms. The molecule has 0 bridgehead atoms. The van der Waals surface area contributed by atoms with Crippen LogP contribution in [0.1, 0.15) is 43.0 Å². The van der Waals surface area contributed by atoms with Crippen molar-refractivity contribution >= 4 is 23.6 Å². The van der Waals surface area contributed by atoms with Gasteiger partial charge in [-0.15, -0.1) is 0 Å². The molecule has 2 N–H and O–H groups in total. The number of carbonyl (C=O) groups is 3. The van der Waals surface area contributed by atoms with Crippen LogP contribution in [0.4, 0.5) is 10.5 Å². The molecule has 2 atom stereocenters. The van der Waals surface area contributed by atoms with Crippen molar-refractivity contribution in [2.75, 3.05) is 25.6 Å². The second-order valence-electron chi connectivity index (χ2n) is 6.91. The van der Waals surface area contributed by atoms with E-state index >= 15 is 0 Å². The monoisotopic (exact) mass is 361 g/mol. The van der Waals surface area contributed by atoms with E-state index in [2.05, 4.69) is 17.6 Å². The van der Waals surface area contributed by atoms with Crippen LogP contribution in [0.2, 0.25) is 0 Å². The highest BCUT2D eigenvalue weighted by atomic mass is 16.5. The van der Waals surface area contributed by atoms with Crippen molar-refractivity contribution in [3.63, 3.8) is 0 Å². The molecule has 0 radical (unpaired) electrons. The van der Waals surface area contributed by atoms with Crippen LogP contribution in [-0.4, -0.2) is 44.7 Å². The minimum Gasteiger partial charge on any atom is -0.452 e. The highest BCUT2D eigenvalue weighted by molar-refractivity contribution is 5.97. The molecule has 142 valence electrons. The maximum absolute atomic E-state index is 12.0. The van der Waals surface area contributed by atoms with E-state index in [0.29, 0.717) is 11.5 Å². The molecular formula is C19H27N3O4. The van der Waals surface area contributed by atoms with Crippen LogP contribution >= 0.6 is 0 Å². The summed E-state index contributed by atoms with van der Waals surface area (Å²) in [5.74, 6) is -0.861. The number of nitrogens with zero attached hydrogens (tertiary/aromatic N) is 1. The van der Waals surface area contributed by atoms with Crippen LogP contribution in [0.15, 0.2) is 24.3 Å². The fourth-order valence-corrected chi connectivity index (χ4v) is 3.02. The molecule has 0 aliphatic heterocycles. The number of hydrogen-bond acceptors (Lipinski definition) is 5.